The van der Waals surface area contributed by atoms with Gasteiger partial charge in [0.25, 0.3) is 0 Å². The molecule has 160 valence electrons. The molecule has 0 spiro atoms. The van der Waals surface area contributed by atoms with E-state index in [4.69, 9.17) is 14.7 Å². The summed E-state index contributed by atoms with van der Waals surface area (Å²) in [5, 5.41) is 12.3. The second kappa shape index (κ2) is 9.32. The van der Waals surface area contributed by atoms with Crippen LogP contribution < -0.4 is 19.5 Å². The van der Waals surface area contributed by atoms with E-state index in [1.54, 1.807) is 56.7 Å². The third-order valence-electron chi connectivity index (χ3n) is 4.55. The molecule has 9 heteroatoms. The van der Waals surface area contributed by atoms with Crippen molar-refractivity contribution in [3.63, 3.8) is 0 Å². The summed E-state index contributed by atoms with van der Waals surface area (Å²) in [6.07, 6.45) is 0. The van der Waals surface area contributed by atoms with Gasteiger partial charge in [0.1, 0.15) is 11.5 Å². The average molecular weight is 446 g/mol. The van der Waals surface area contributed by atoms with Gasteiger partial charge in [-0.05, 0) is 30.3 Å². The zero-order chi connectivity index (χ0) is 22.5. The Bertz CT molecular complexity index is 1330. The van der Waals surface area contributed by atoms with Crippen LogP contribution in [0, 0.1) is 11.3 Å². The van der Waals surface area contributed by atoms with Gasteiger partial charge >= 0.3 is 0 Å². The molecule has 0 aliphatic rings. The van der Waals surface area contributed by atoms with E-state index < -0.39 is 11.0 Å². The van der Waals surface area contributed by atoms with E-state index in [0.717, 1.165) is 0 Å². The molecule has 0 amide bonds. The fourth-order valence-corrected chi connectivity index (χ4v) is 3.87. The van der Waals surface area contributed by atoms with Crippen LogP contribution in [0.4, 0.5) is 17.3 Å². The molecular formula is C23H19N5O3S. The van der Waals surface area contributed by atoms with Gasteiger partial charge < -0.3 is 14.8 Å². The summed E-state index contributed by atoms with van der Waals surface area (Å²) in [7, 11) is 1.48. The van der Waals surface area contributed by atoms with Crippen LogP contribution in [0.1, 0.15) is 5.56 Å². The number of para-hydroxylation sites is 2. The Kier molecular flexibility index (Phi) is 6.14. The molecule has 1 aromatic heterocycles. The Morgan fingerprint density at radius 3 is 2.16 bits per heavy atom. The molecule has 4 rings (SSSR count). The highest BCUT2D eigenvalue weighted by molar-refractivity contribution is 7.86. The normalized spacial score (nSPS) is 11.4. The van der Waals surface area contributed by atoms with Crippen molar-refractivity contribution in [2.75, 3.05) is 24.3 Å². The summed E-state index contributed by atoms with van der Waals surface area (Å²) in [5.74, 6) is 1.88. The number of hydrogen-bond donors (Lipinski definition) is 2. The van der Waals surface area contributed by atoms with E-state index in [1.165, 1.54) is 0 Å². The van der Waals surface area contributed by atoms with E-state index in [0.29, 0.717) is 50.3 Å². The van der Waals surface area contributed by atoms with Crippen molar-refractivity contribution in [1.82, 2.24) is 9.97 Å². The predicted molar refractivity (Wildman–Crippen MR) is 124 cm³/mol. The van der Waals surface area contributed by atoms with Gasteiger partial charge in [-0.1, -0.05) is 18.2 Å². The lowest BCUT2D eigenvalue weighted by atomic mass is 10.2. The fraction of sp³-hybridized carbons (Fsp3) is 0.0870. The summed E-state index contributed by atoms with van der Waals surface area (Å²) < 4.78 is 26.6. The number of rotatable bonds is 7. The number of nitriles is 1. The topological polar surface area (TPSA) is 109 Å². The third-order valence-corrected chi connectivity index (χ3v) is 5.61. The molecule has 0 saturated heterocycles. The molecule has 3 aromatic carbocycles. The summed E-state index contributed by atoms with van der Waals surface area (Å²) >= 11 is 0. The Balaban J connectivity index is 1.74. The first-order valence-corrected chi connectivity index (χ1v) is 10.7. The molecule has 0 bridgehead atoms. The first-order valence-electron chi connectivity index (χ1n) is 9.55. The molecule has 0 radical (unpaired) electrons. The van der Waals surface area contributed by atoms with Crippen LogP contribution in [0.15, 0.2) is 71.6 Å². The van der Waals surface area contributed by atoms with Crippen molar-refractivity contribution >= 4 is 39.3 Å². The van der Waals surface area contributed by atoms with Gasteiger partial charge in [0.05, 0.1) is 41.8 Å². The van der Waals surface area contributed by atoms with Crippen molar-refractivity contribution in [3.05, 3.63) is 72.3 Å². The second-order valence-corrected chi connectivity index (χ2v) is 7.86. The standard InChI is InChI=1S/C23H19N5O3S/c1-30-17-11-16(12-18(13-17)31-2)25-22-23(27-21-9-4-3-8-20(21)26-22)28-32(29)19-7-5-6-15(10-19)14-24/h3-13H,1-2H3,(H,25,26)(H,27,28). The quantitative estimate of drug-likeness (QED) is 0.434. The minimum atomic E-state index is -1.66. The zero-order valence-corrected chi connectivity index (χ0v) is 18.1. The lowest BCUT2D eigenvalue weighted by molar-refractivity contribution is 0.395. The monoisotopic (exact) mass is 445 g/mol. The maximum absolute atomic E-state index is 13.0. The molecule has 8 nitrogen and oxygen atoms in total. The van der Waals surface area contributed by atoms with Gasteiger partial charge in [0.15, 0.2) is 22.6 Å². The highest BCUT2D eigenvalue weighted by atomic mass is 32.2. The van der Waals surface area contributed by atoms with Gasteiger partial charge in [-0.2, -0.15) is 5.26 Å². The number of benzene rings is 3. The van der Waals surface area contributed by atoms with Crippen LogP contribution in [-0.2, 0) is 11.0 Å². The number of aromatic nitrogens is 2. The van der Waals surface area contributed by atoms with E-state index in [-0.39, 0.29) is 0 Å². The highest BCUT2D eigenvalue weighted by Crippen LogP contribution is 2.31. The predicted octanol–water partition coefficient (Wildman–Crippen LogP) is 4.40. The average Bonchev–Trinajstić information content (AvgIpc) is 2.84. The number of hydrogen-bond acceptors (Lipinski definition) is 7. The second-order valence-electron chi connectivity index (χ2n) is 6.65. The first-order chi connectivity index (χ1) is 15.6. The van der Waals surface area contributed by atoms with Crippen molar-refractivity contribution in [2.45, 2.75) is 4.90 Å². The molecule has 32 heavy (non-hydrogen) atoms. The number of methoxy groups -OCH3 is 2. The number of ether oxygens (including phenoxy) is 2. The van der Waals surface area contributed by atoms with Gasteiger partial charge in [-0.25, -0.2) is 14.2 Å². The Morgan fingerprint density at radius 2 is 1.53 bits per heavy atom. The minimum absolute atomic E-state index is 0.297. The Labute approximate surface area is 187 Å². The summed E-state index contributed by atoms with van der Waals surface area (Å²) in [5.41, 5.74) is 2.40. The summed E-state index contributed by atoms with van der Waals surface area (Å²) in [4.78, 5) is 9.72. The molecule has 2 N–H and O–H groups in total. The third kappa shape index (κ3) is 4.61. The fourth-order valence-electron chi connectivity index (χ4n) is 3.00. The number of nitrogens with zero attached hydrogens (tertiary/aromatic N) is 3. The maximum atomic E-state index is 13.0. The van der Waals surface area contributed by atoms with E-state index in [1.807, 2.05) is 30.3 Å². The largest absolute Gasteiger partial charge is 0.497 e. The number of anilines is 3. The zero-order valence-electron chi connectivity index (χ0n) is 17.3. The van der Waals surface area contributed by atoms with Crippen LogP contribution in [0.2, 0.25) is 0 Å². The van der Waals surface area contributed by atoms with E-state index in [9.17, 15) is 4.21 Å². The van der Waals surface area contributed by atoms with Gasteiger partial charge in [0, 0.05) is 23.9 Å². The van der Waals surface area contributed by atoms with Crippen molar-refractivity contribution in [1.29, 1.82) is 5.26 Å². The van der Waals surface area contributed by atoms with Gasteiger partial charge in [-0.3, -0.25) is 4.72 Å². The van der Waals surface area contributed by atoms with Crippen molar-refractivity contribution < 1.29 is 13.7 Å². The van der Waals surface area contributed by atoms with Crippen molar-refractivity contribution in [2.24, 2.45) is 0 Å². The Hall–Kier alpha value is -4.16. The Morgan fingerprint density at radius 1 is 0.875 bits per heavy atom. The highest BCUT2D eigenvalue weighted by Gasteiger charge is 2.14. The van der Waals surface area contributed by atoms with Crippen LogP contribution >= 0.6 is 0 Å². The first kappa shape index (κ1) is 21.1. The van der Waals surface area contributed by atoms with Crippen molar-refractivity contribution in [3.8, 4) is 17.6 Å². The van der Waals surface area contributed by atoms with E-state index in [2.05, 4.69) is 20.0 Å². The minimum Gasteiger partial charge on any atom is -0.497 e. The number of nitrogens with one attached hydrogen (secondary N) is 2. The maximum Gasteiger partial charge on any atom is 0.182 e. The summed E-state index contributed by atoms with van der Waals surface area (Å²) in [6, 6.07) is 21.4. The molecule has 0 aliphatic carbocycles. The molecule has 0 fully saturated rings. The molecule has 4 aromatic rings. The molecule has 1 unspecified atom stereocenters. The lowest BCUT2D eigenvalue weighted by Crippen LogP contribution is -2.10. The SMILES string of the molecule is COc1cc(Nc2nc3ccccc3nc2NS(=O)c2cccc(C#N)c2)cc(OC)c1. The van der Waals surface area contributed by atoms with Crippen LogP contribution in [0.5, 0.6) is 11.5 Å². The van der Waals surface area contributed by atoms with Crippen LogP contribution in [0.25, 0.3) is 11.0 Å². The van der Waals surface area contributed by atoms with E-state index >= 15 is 0 Å². The van der Waals surface area contributed by atoms with Gasteiger partial charge in [0.2, 0.25) is 0 Å². The lowest BCUT2D eigenvalue weighted by Gasteiger charge is -2.14. The molecule has 1 heterocycles. The smallest absolute Gasteiger partial charge is 0.182 e. The van der Waals surface area contributed by atoms with Crippen LogP contribution in [0.3, 0.4) is 0 Å². The molecule has 1 atom stereocenters. The number of fused-ring (bicyclic) bond motifs is 1. The summed E-state index contributed by atoms with van der Waals surface area (Å²) in [6.45, 7) is 0. The molecule has 0 saturated carbocycles. The molecule has 0 aliphatic heterocycles. The van der Waals surface area contributed by atoms with Gasteiger partial charge in [-0.15, -0.1) is 0 Å². The van der Waals surface area contributed by atoms with Crippen LogP contribution in [-0.4, -0.2) is 28.4 Å². The molecular weight excluding hydrogens is 426 g/mol.